The van der Waals surface area contributed by atoms with Gasteiger partial charge in [-0.15, -0.1) is 0 Å². The molecule has 0 aliphatic heterocycles. The molecule has 7 unspecified atom stereocenters. The van der Waals surface area contributed by atoms with Gasteiger partial charge in [0, 0.05) is 7.11 Å². The maximum absolute atomic E-state index is 12.5. The number of carbonyl (C=O) groups is 1. The van der Waals surface area contributed by atoms with Gasteiger partial charge in [0.2, 0.25) is 0 Å². The van der Waals surface area contributed by atoms with E-state index < -0.39 is 0 Å². The molecule has 4 rings (SSSR count). The summed E-state index contributed by atoms with van der Waals surface area (Å²) in [5, 5.41) is 0. The molecule has 0 aromatic heterocycles. The van der Waals surface area contributed by atoms with E-state index in [1.807, 2.05) is 0 Å². The predicted octanol–water partition coefficient (Wildman–Crippen LogP) is 2.66. The highest BCUT2D eigenvalue weighted by Crippen LogP contribution is 2.70. The van der Waals surface area contributed by atoms with E-state index >= 15 is 0 Å². The van der Waals surface area contributed by atoms with E-state index in [2.05, 4.69) is 19.1 Å². The van der Waals surface area contributed by atoms with Crippen LogP contribution in [0.15, 0.2) is 12.2 Å². The van der Waals surface area contributed by atoms with Crippen molar-refractivity contribution in [2.45, 2.75) is 26.2 Å². The van der Waals surface area contributed by atoms with Crippen LogP contribution in [0.5, 0.6) is 0 Å². The van der Waals surface area contributed by atoms with Gasteiger partial charge in [-0.1, -0.05) is 12.2 Å². The summed E-state index contributed by atoms with van der Waals surface area (Å²) in [5.74, 6) is 4.50. The summed E-state index contributed by atoms with van der Waals surface area (Å²) in [4.78, 5) is 12.5. The summed E-state index contributed by atoms with van der Waals surface area (Å²) in [6, 6.07) is 0. The normalized spacial score (nSPS) is 50.7. The minimum Gasteiger partial charge on any atom is -0.463 e. The first-order chi connectivity index (χ1) is 9.65. The smallest absolute Gasteiger partial charge is 0.312 e. The van der Waals surface area contributed by atoms with Crippen molar-refractivity contribution in [2.75, 3.05) is 20.3 Å². The Morgan fingerprint density at radius 2 is 1.95 bits per heavy atom. The van der Waals surface area contributed by atoms with Gasteiger partial charge in [0.05, 0.1) is 12.0 Å². The molecule has 3 fully saturated rings. The van der Waals surface area contributed by atoms with Crippen LogP contribution in [-0.4, -0.2) is 26.3 Å². The third-order valence-corrected chi connectivity index (χ3v) is 6.64. The molecule has 0 N–H and O–H groups in total. The van der Waals surface area contributed by atoms with E-state index in [0.29, 0.717) is 19.1 Å². The van der Waals surface area contributed by atoms with Crippen LogP contribution in [0.25, 0.3) is 0 Å². The van der Waals surface area contributed by atoms with E-state index in [0.717, 1.165) is 36.0 Å². The molecule has 110 valence electrons. The Labute approximate surface area is 120 Å². The van der Waals surface area contributed by atoms with Gasteiger partial charge in [0.25, 0.3) is 0 Å². The highest BCUT2D eigenvalue weighted by molar-refractivity contribution is 5.77. The maximum atomic E-state index is 12.5. The molecular formula is C17H24O3. The Balaban J connectivity index is 1.52. The number of esters is 1. The molecular weight excluding hydrogens is 252 g/mol. The van der Waals surface area contributed by atoms with E-state index in [-0.39, 0.29) is 11.4 Å². The van der Waals surface area contributed by atoms with Crippen molar-refractivity contribution in [3.63, 3.8) is 0 Å². The minimum absolute atomic E-state index is 0.0206. The molecule has 3 heteroatoms. The molecule has 0 radical (unpaired) electrons. The fraction of sp³-hybridized carbons (Fsp3) is 0.824. The summed E-state index contributed by atoms with van der Waals surface area (Å²) < 4.78 is 10.4. The molecule has 4 aliphatic carbocycles. The van der Waals surface area contributed by atoms with Gasteiger partial charge in [0.1, 0.15) is 6.61 Å². The number of hydrogen-bond acceptors (Lipinski definition) is 3. The average molecular weight is 276 g/mol. The van der Waals surface area contributed by atoms with E-state index in [1.54, 1.807) is 7.11 Å². The quantitative estimate of drug-likeness (QED) is 0.343. The van der Waals surface area contributed by atoms with Gasteiger partial charge in [0.15, 0.2) is 0 Å². The molecule has 0 aromatic rings. The number of ether oxygens (including phenoxy) is 2. The molecule has 7 atom stereocenters. The predicted molar refractivity (Wildman–Crippen MR) is 74.9 cm³/mol. The summed E-state index contributed by atoms with van der Waals surface area (Å²) in [6.07, 6.45) is 8.50. The van der Waals surface area contributed by atoms with Crippen molar-refractivity contribution < 1.29 is 14.3 Å². The Hall–Kier alpha value is -0.830. The largest absolute Gasteiger partial charge is 0.463 e. The first-order valence-corrected chi connectivity index (χ1v) is 7.99. The Morgan fingerprint density at radius 1 is 1.20 bits per heavy atom. The first-order valence-electron chi connectivity index (χ1n) is 7.99. The number of fused-ring (bicyclic) bond motifs is 9. The summed E-state index contributed by atoms with van der Waals surface area (Å²) in [5.41, 5.74) is -0.238. The number of carbonyl (C=O) groups excluding carboxylic acids is 1. The monoisotopic (exact) mass is 276 g/mol. The average Bonchev–Trinajstić information content (AvgIpc) is 3.16. The molecule has 3 saturated carbocycles. The van der Waals surface area contributed by atoms with Gasteiger partial charge >= 0.3 is 5.97 Å². The van der Waals surface area contributed by atoms with Crippen molar-refractivity contribution in [3.8, 4) is 0 Å². The van der Waals surface area contributed by atoms with E-state index in [1.165, 1.54) is 12.8 Å². The van der Waals surface area contributed by atoms with Crippen molar-refractivity contribution >= 4 is 5.97 Å². The summed E-state index contributed by atoms with van der Waals surface area (Å²) >= 11 is 0. The second kappa shape index (κ2) is 4.33. The van der Waals surface area contributed by atoms with Crippen molar-refractivity contribution in [2.24, 2.45) is 40.9 Å². The van der Waals surface area contributed by atoms with Crippen molar-refractivity contribution in [3.05, 3.63) is 12.2 Å². The van der Waals surface area contributed by atoms with Crippen LogP contribution in [0.3, 0.4) is 0 Å². The second-order valence-electron chi connectivity index (χ2n) is 7.46. The molecule has 3 nitrogen and oxygen atoms in total. The van der Waals surface area contributed by atoms with Gasteiger partial charge in [-0.25, -0.2) is 0 Å². The summed E-state index contributed by atoms with van der Waals surface area (Å²) in [7, 11) is 1.64. The summed E-state index contributed by atoms with van der Waals surface area (Å²) in [6.45, 7) is 3.04. The number of allylic oxidation sites excluding steroid dienone is 2. The van der Waals surface area contributed by atoms with Gasteiger partial charge in [-0.05, 0) is 61.7 Å². The zero-order chi connectivity index (χ0) is 13.9. The lowest BCUT2D eigenvalue weighted by atomic mass is 9.63. The van der Waals surface area contributed by atoms with Crippen LogP contribution in [0, 0.1) is 40.9 Å². The molecule has 0 aromatic carbocycles. The zero-order valence-corrected chi connectivity index (χ0v) is 12.4. The fourth-order valence-corrected chi connectivity index (χ4v) is 5.99. The number of rotatable bonds is 4. The molecule has 4 bridgehead atoms. The van der Waals surface area contributed by atoms with Crippen LogP contribution in [0.4, 0.5) is 0 Å². The maximum Gasteiger partial charge on any atom is 0.312 e. The topological polar surface area (TPSA) is 35.5 Å². The SMILES string of the molecule is COCCOC(=O)C1(C)CC2CC1C1C3C=CC(C3)C21. The Kier molecular flexibility index (Phi) is 2.79. The molecule has 20 heavy (non-hydrogen) atoms. The third-order valence-electron chi connectivity index (χ3n) is 6.64. The van der Waals surface area contributed by atoms with Gasteiger partial charge in [-0.3, -0.25) is 4.79 Å². The second-order valence-corrected chi connectivity index (χ2v) is 7.46. The van der Waals surface area contributed by atoms with Crippen molar-refractivity contribution in [1.82, 2.24) is 0 Å². The Bertz CT molecular complexity index is 457. The lowest BCUT2D eigenvalue weighted by Gasteiger charge is -2.41. The zero-order valence-electron chi connectivity index (χ0n) is 12.4. The molecule has 0 saturated heterocycles. The highest BCUT2D eigenvalue weighted by Gasteiger charge is 2.66. The Morgan fingerprint density at radius 3 is 2.70 bits per heavy atom. The fourth-order valence-electron chi connectivity index (χ4n) is 5.99. The third kappa shape index (κ3) is 1.53. The van der Waals surface area contributed by atoms with Crippen molar-refractivity contribution in [1.29, 1.82) is 0 Å². The molecule has 0 amide bonds. The standard InChI is InChI=1S/C17H24O3/c1-17(16(18)20-6-5-19-2)9-12-8-13(17)15-11-4-3-10(7-11)14(12)15/h3-4,10-15H,5-9H2,1-2H3. The van der Waals surface area contributed by atoms with Crippen LogP contribution in [-0.2, 0) is 14.3 Å². The number of hydrogen-bond donors (Lipinski definition) is 0. The lowest BCUT2D eigenvalue weighted by Crippen LogP contribution is -2.43. The first kappa shape index (κ1) is 12.9. The minimum atomic E-state index is -0.238. The van der Waals surface area contributed by atoms with Gasteiger partial charge < -0.3 is 9.47 Å². The molecule has 4 aliphatic rings. The van der Waals surface area contributed by atoms with Crippen LogP contribution < -0.4 is 0 Å². The number of methoxy groups -OCH3 is 1. The van der Waals surface area contributed by atoms with Crippen LogP contribution in [0.1, 0.15) is 26.2 Å². The molecule has 0 spiro atoms. The highest BCUT2D eigenvalue weighted by atomic mass is 16.6. The lowest BCUT2D eigenvalue weighted by molar-refractivity contribution is -0.162. The van der Waals surface area contributed by atoms with E-state index in [9.17, 15) is 4.79 Å². The molecule has 0 heterocycles. The van der Waals surface area contributed by atoms with Crippen LogP contribution >= 0.6 is 0 Å². The van der Waals surface area contributed by atoms with Gasteiger partial charge in [-0.2, -0.15) is 0 Å². The van der Waals surface area contributed by atoms with Crippen LogP contribution in [0.2, 0.25) is 0 Å². The van der Waals surface area contributed by atoms with E-state index in [4.69, 9.17) is 9.47 Å².